The van der Waals surface area contributed by atoms with Crippen LogP contribution in [0.15, 0.2) is 0 Å². The Labute approximate surface area is 129 Å². The predicted octanol–water partition coefficient (Wildman–Crippen LogP) is 1.05. The number of halogens is 3. The van der Waals surface area contributed by atoms with Gasteiger partial charge >= 0.3 is 6.18 Å². The average Bonchev–Trinajstić information content (AvgIpc) is 2.40. The van der Waals surface area contributed by atoms with E-state index in [4.69, 9.17) is 0 Å². The van der Waals surface area contributed by atoms with Crippen molar-refractivity contribution < 1.29 is 26.7 Å². The van der Waals surface area contributed by atoms with Gasteiger partial charge in [0.2, 0.25) is 10.0 Å². The number of piperidine rings is 2. The van der Waals surface area contributed by atoms with Gasteiger partial charge in [-0.3, -0.25) is 0 Å². The Bertz CT molecular complexity index is 487. The van der Waals surface area contributed by atoms with Gasteiger partial charge in [-0.05, 0) is 31.6 Å². The minimum atomic E-state index is -4.59. The molecule has 2 aliphatic rings. The first-order valence-corrected chi connectivity index (χ1v) is 9.33. The van der Waals surface area contributed by atoms with Gasteiger partial charge in [0.05, 0.1) is 6.26 Å². The van der Waals surface area contributed by atoms with Gasteiger partial charge in [-0.1, -0.05) is 0 Å². The molecule has 0 radical (unpaired) electrons. The summed E-state index contributed by atoms with van der Waals surface area (Å²) in [6.45, 7) is 1.90. The number of sulfonamides is 1. The molecular weight excluding hydrogens is 321 g/mol. The standard InChI is InChI=1S/C13H23F3N2O3S/c1-22(20,21)18-6-2-3-11(10-18)9-17-7-4-12(19,5-8-17)13(14,15)16/h11,19H,2-10H2,1H3. The maximum Gasteiger partial charge on any atom is 0.417 e. The van der Waals surface area contributed by atoms with Crippen LogP contribution in [0.5, 0.6) is 0 Å². The molecule has 22 heavy (non-hydrogen) atoms. The molecule has 0 spiro atoms. The normalized spacial score (nSPS) is 28.7. The summed E-state index contributed by atoms with van der Waals surface area (Å²) in [5.41, 5.74) is -2.57. The highest BCUT2D eigenvalue weighted by molar-refractivity contribution is 7.88. The number of nitrogens with zero attached hydrogens (tertiary/aromatic N) is 2. The van der Waals surface area contributed by atoms with E-state index in [-0.39, 0.29) is 31.8 Å². The lowest BCUT2D eigenvalue weighted by Gasteiger charge is -2.41. The van der Waals surface area contributed by atoms with E-state index in [1.807, 2.05) is 4.90 Å². The van der Waals surface area contributed by atoms with E-state index in [2.05, 4.69) is 0 Å². The van der Waals surface area contributed by atoms with Crippen LogP contribution < -0.4 is 0 Å². The van der Waals surface area contributed by atoms with E-state index in [1.165, 1.54) is 10.6 Å². The summed E-state index contributed by atoms with van der Waals surface area (Å²) >= 11 is 0. The van der Waals surface area contributed by atoms with E-state index in [1.54, 1.807) is 0 Å². The molecule has 0 saturated carbocycles. The molecular formula is C13H23F3N2O3S. The van der Waals surface area contributed by atoms with Gasteiger partial charge in [0.15, 0.2) is 5.60 Å². The van der Waals surface area contributed by atoms with Crippen molar-refractivity contribution in [2.24, 2.45) is 5.92 Å². The average molecular weight is 344 g/mol. The van der Waals surface area contributed by atoms with Crippen LogP contribution in [0.4, 0.5) is 13.2 Å². The van der Waals surface area contributed by atoms with E-state index < -0.39 is 21.8 Å². The molecule has 2 saturated heterocycles. The van der Waals surface area contributed by atoms with Crippen molar-refractivity contribution in [3.8, 4) is 0 Å². The number of rotatable bonds is 3. The molecule has 0 aromatic heterocycles. The molecule has 1 unspecified atom stereocenters. The lowest BCUT2D eigenvalue weighted by atomic mass is 9.89. The summed E-state index contributed by atoms with van der Waals surface area (Å²) in [6, 6.07) is 0. The zero-order chi connectivity index (χ0) is 16.6. The van der Waals surface area contributed by atoms with Crippen molar-refractivity contribution in [2.75, 3.05) is 39.0 Å². The third kappa shape index (κ3) is 4.12. The maximum atomic E-state index is 12.8. The summed E-state index contributed by atoms with van der Waals surface area (Å²) in [5, 5.41) is 9.64. The van der Waals surface area contributed by atoms with Gasteiger partial charge in [0.1, 0.15) is 0 Å². The third-order valence-electron chi connectivity index (χ3n) is 4.68. The Kier molecular flexibility index (Phi) is 5.11. The molecule has 2 aliphatic heterocycles. The molecule has 0 aliphatic carbocycles. The Morgan fingerprint density at radius 1 is 1.23 bits per heavy atom. The molecule has 5 nitrogen and oxygen atoms in total. The smallest absolute Gasteiger partial charge is 0.380 e. The van der Waals surface area contributed by atoms with Crippen LogP contribution in [0.2, 0.25) is 0 Å². The van der Waals surface area contributed by atoms with Gasteiger partial charge in [0, 0.05) is 32.7 Å². The molecule has 1 atom stereocenters. The van der Waals surface area contributed by atoms with Crippen molar-refractivity contribution in [3.05, 3.63) is 0 Å². The van der Waals surface area contributed by atoms with Crippen molar-refractivity contribution in [1.29, 1.82) is 0 Å². The Balaban J connectivity index is 1.86. The summed E-state index contributed by atoms with van der Waals surface area (Å²) in [7, 11) is -3.21. The monoisotopic (exact) mass is 344 g/mol. The summed E-state index contributed by atoms with van der Waals surface area (Å²) in [4.78, 5) is 1.90. The first-order chi connectivity index (χ1) is 10.0. The van der Waals surface area contributed by atoms with Crippen molar-refractivity contribution in [1.82, 2.24) is 9.21 Å². The van der Waals surface area contributed by atoms with Gasteiger partial charge in [-0.2, -0.15) is 13.2 Å². The van der Waals surface area contributed by atoms with E-state index in [9.17, 15) is 26.7 Å². The van der Waals surface area contributed by atoms with Crippen LogP contribution in [0.1, 0.15) is 25.7 Å². The van der Waals surface area contributed by atoms with E-state index >= 15 is 0 Å². The van der Waals surface area contributed by atoms with Gasteiger partial charge in [0.25, 0.3) is 0 Å². The van der Waals surface area contributed by atoms with Crippen LogP contribution in [-0.2, 0) is 10.0 Å². The number of hydrogen-bond acceptors (Lipinski definition) is 4. The largest absolute Gasteiger partial charge is 0.417 e. The van der Waals surface area contributed by atoms with Gasteiger partial charge in [-0.25, -0.2) is 12.7 Å². The second-order valence-corrected chi connectivity index (χ2v) is 8.44. The molecule has 2 heterocycles. The van der Waals surface area contributed by atoms with Crippen molar-refractivity contribution >= 4 is 10.0 Å². The fourth-order valence-electron chi connectivity index (χ4n) is 3.23. The van der Waals surface area contributed by atoms with Crippen LogP contribution >= 0.6 is 0 Å². The molecule has 9 heteroatoms. The molecule has 0 bridgehead atoms. The van der Waals surface area contributed by atoms with Gasteiger partial charge in [-0.15, -0.1) is 0 Å². The molecule has 130 valence electrons. The molecule has 0 amide bonds. The summed E-state index contributed by atoms with van der Waals surface area (Å²) in [6.07, 6.45) is -2.39. The zero-order valence-electron chi connectivity index (χ0n) is 12.6. The second kappa shape index (κ2) is 6.26. The molecule has 0 aromatic carbocycles. The minimum absolute atomic E-state index is 0.139. The molecule has 2 rings (SSSR count). The first kappa shape index (κ1) is 18.0. The maximum absolute atomic E-state index is 12.8. The minimum Gasteiger partial charge on any atom is -0.380 e. The van der Waals surface area contributed by atoms with Crippen molar-refractivity contribution in [3.63, 3.8) is 0 Å². The topological polar surface area (TPSA) is 60.9 Å². The molecule has 2 fully saturated rings. The Morgan fingerprint density at radius 3 is 2.32 bits per heavy atom. The molecule has 1 N–H and O–H groups in total. The third-order valence-corrected chi connectivity index (χ3v) is 5.95. The first-order valence-electron chi connectivity index (χ1n) is 7.48. The van der Waals surface area contributed by atoms with Crippen LogP contribution in [0, 0.1) is 5.92 Å². The van der Waals surface area contributed by atoms with E-state index in [0.717, 1.165) is 12.8 Å². The number of hydrogen-bond donors (Lipinski definition) is 1. The SMILES string of the molecule is CS(=O)(=O)N1CCCC(CN2CCC(O)(C(F)(F)F)CC2)C1. The lowest BCUT2D eigenvalue weighted by molar-refractivity contribution is -0.272. The Morgan fingerprint density at radius 2 is 1.82 bits per heavy atom. The van der Waals surface area contributed by atoms with Gasteiger partial charge < -0.3 is 10.0 Å². The highest BCUT2D eigenvalue weighted by Crippen LogP contribution is 2.38. The summed E-state index contributed by atoms with van der Waals surface area (Å²) in [5.74, 6) is 0.139. The predicted molar refractivity (Wildman–Crippen MR) is 75.8 cm³/mol. The van der Waals surface area contributed by atoms with Crippen molar-refractivity contribution in [2.45, 2.75) is 37.5 Å². The zero-order valence-corrected chi connectivity index (χ0v) is 13.5. The fourth-order valence-corrected chi connectivity index (χ4v) is 4.17. The number of alkyl halides is 3. The van der Waals surface area contributed by atoms with Crippen LogP contribution in [0.25, 0.3) is 0 Å². The quantitative estimate of drug-likeness (QED) is 0.831. The summed E-state index contributed by atoms with van der Waals surface area (Å²) < 4.78 is 62.8. The highest BCUT2D eigenvalue weighted by atomic mass is 32.2. The van der Waals surface area contributed by atoms with E-state index in [0.29, 0.717) is 19.6 Å². The highest BCUT2D eigenvalue weighted by Gasteiger charge is 2.54. The lowest BCUT2D eigenvalue weighted by Crippen LogP contribution is -2.54. The van der Waals surface area contributed by atoms with Crippen LogP contribution in [-0.4, -0.2) is 73.5 Å². The number of likely N-dealkylation sites (tertiary alicyclic amines) is 1. The fraction of sp³-hybridized carbons (Fsp3) is 1.00. The second-order valence-electron chi connectivity index (χ2n) is 6.46. The molecule has 0 aromatic rings. The van der Waals surface area contributed by atoms with Crippen LogP contribution in [0.3, 0.4) is 0 Å². The number of aliphatic hydroxyl groups is 1. The Hall–Kier alpha value is -0.380.